The fraction of sp³-hybridized carbons (Fsp3) is 0.261. The Hall–Kier alpha value is -3.22. The number of nitrogens with one attached hydrogen (secondary N) is 1. The largest absolute Gasteiger partial charge is 0.416 e. The third kappa shape index (κ3) is 6.34. The fourth-order valence-corrected chi connectivity index (χ4v) is 6.95. The van der Waals surface area contributed by atoms with E-state index in [0.717, 1.165) is 46.9 Å². The number of carbonyl (C=O) groups excluding carboxylic acids is 1. The lowest BCUT2D eigenvalue weighted by Crippen LogP contribution is -2.35. The van der Waals surface area contributed by atoms with Gasteiger partial charge in [-0.3, -0.25) is 4.79 Å². The van der Waals surface area contributed by atoms with Crippen LogP contribution in [0.25, 0.3) is 16.9 Å². The molecule has 3 heterocycles. The van der Waals surface area contributed by atoms with Gasteiger partial charge in [-0.2, -0.15) is 22.6 Å². The highest BCUT2D eigenvalue weighted by molar-refractivity contribution is 7.91. The van der Waals surface area contributed by atoms with E-state index in [1.807, 2.05) is 0 Å². The summed E-state index contributed by atoms with van der Waals surface area (Å²) in [5, 5.41) is 24.5. The van der Waals surface area contributed by atoms with Crippen LogP contribution in [0.1, 0.15) is 28.0 Å². The highest BCUT2D eigenvalue weighted by Crippen LogP contribution is 2.37. The molecule has 10 nitrogen and oxygen atoms in total. The van der Waals surface area contributed by atoms with Crippen molar-refractivity contribution >= 4 is 50.2 Å². The van der Waals surface area contributed by atoms with Crippen LogP contribution in [0.4, 0.5) is 27.6 Å². The van der Waals surface area contributed by atoms with Crippen molar-refractivity contribution in [2.24, 2.45) is 0 Å². The number of carbonyl (C=O) groups is 1. The standard InChI is InChI=1S/C23H19ClF5N5O5S2/c24-19-16(10-18(40-19)41(38,39)33(5-7-35)6-8-36)32-22(37)14-11-30-34-17(20(25)26)9-15(31-21(14)34)12-1-3-13(4-2-12)23(27,28)29/h1-4,9-11,20,35-36H,5-8H2,(H,32,37). The minimum absolute atomic E-state index is 0.0704. The molecule has 220 valence electrons. The molecule has 0 unspecified atom stereocenters. The van der Waals surface area contributed by atoms with Crippen LogP contribution in [-0.2, 0) is 16.2 Å². The lowest BCUT2D eigenvalue weighted by atomic mass is 10.1. The number of anilines is 1. The predicted molar refractivity (Wildman–Crippen MR) is 139 cm³/mol. The number of rotatable bonds is 10. The topological polar surface area (TPSA) is 137 Å². The molecule has 4 rings (SSSR count). The molecule has 0 fully saturated rings. The van der Waals surface area contributed by atoms with Crippen LogP contribution < -0.4 is 5.32 Å². The Labute approximate surface area is 237 Å². The summed E-state index contributed by atoms with van der Waals surface area (Å²) in [6.07, 6.45) is -6.76. The van der Waals surface area contributed by atoms with E-state index in [2.05, 4.69) is 15.4 Å². The number of halogens is 6. The summed E-state index contributed by atoms with van der Waals surface area (Å²) in [4.78, 5) is 17.3. The SMILES string of the molecule is O=C(Nc1cc(S(=O)(=O)N(CCO)CCO)sc1Cl)c1cnn2c(C(F)F)cc(-c3ccc(C(F)(F)F)cc3)nc12. The third-order valence-electron chi connectivity index (χ3n) is 5.68. The predicted octanol–water partition coefficient (Wildman–Crippen LogP) is 4.30. The van der Waals surface area contributed by atoms with Crippen molar-refractivity contribution in [1.29, 1.82) is 0 Å². The van der Waals surface area contributed by atoms with Gasteiger partial charge in [0, 0.05) is 18.7 Å². The molecule has 3 N–H and O–H groups in total. The smallest absolute Gasteiger partial charge is 0.395 e. The lowest BCUT2D eigenvalue weighted by Gasteiger charge is -2.18. The zero-order valence-electron chi connectivity index (χ0n) is 20.4. The van der Waals surface area contributed by atoms with Crippen LogP contribution in [0.5, 0.6) is 0 Å². The average molecular weight is 640 g/mol. The first-order valence-corrected chi connectivity index (χ1v) is 14.1. The van der Waals surface area contributed by atoms with Crippen molar-refractivity contribution in [2.45, 2.75) is 16.8 Å². The molecule has 3 aromatic heterocycles. The molecule has 0 aliphatic carbocycles. The van der Waals surface area contributed by atoms with Gasteiger partial charge in [-0.1, -0.05) is 23.7 Å². The molecular formula is C23H19ClF5N5O5S2. The van der Waals surface area contributed by atoms with Crippen LogP contribution in [-0.4, -0.2) is 69.7 Å². The molecule has 0 spiro atoms. The van der Waals surface area contributed by atoms with Crippen LogP contribution in [0, 0.1) is 0 Å². The second kappa shape index (κ2) is 11.9. The molecule has 0 saturated heterocycles. The van der Waals surface area contributed by atoms with E-state index < -0.39 is 53.0 Å². The number of hydrogen-bond donors (Lipinski definition) is 3. The zero-order chi connectivity index (χ0) is 30.1. The van der Waals surface area contributed by atoms with Crippen molar-refractivity contribution in [3.05, 3.63) is 63.8 Å². The summed E-state index contributed by atoms with van der Waals surface area (Å²) >= 11 is 6.75. The molecule has 0 aliphatic heterocycles. The Bertz CT molecular complexity index is 1670. The molecule has 4 aromatic rings. The maximum Gasteiger partial charge on any atom is 0.416 e. The first kappa shape index (κ1) is 30.7. The van der Waals surface area contributed by atoms with Gasteiger partial charge in [-0.15, -0.1) is 11.3 Å². The Morgan fingerprint density at radius 1 is 1.12 bits per heavy atom. The first-order chi connectivity index (χ1) is 19.3. The van der Waals surface area contributed by atoms with E-state index in [1.165, 1.54) is 0 Å². The summed E-state index contributed by atoms with van der Waals surface area (Å²) in [5.41, 5.74) is -2.50. The molecule has 0 aliphatic rings. The highest BCUT2D eigenvalue weighted by atomic mass is 35.5. The van der Waals surface area contributed by atoms with Gasteiger partial charge in [0.25, 0.3) is 22.4 Å². The lowest BCUT2D eigenvalue weighted by molar-refractivity contribution is -0.137. The van der Waals surface area contributed by atoms with E-state index in [-0.39, 0.29) is 49.8 Å². The van der Waals surface area contributed by atoms with E-state index in [9.17, 15) is 35.2 Å². The molecule has 41 heavy (non-hydrogen) atoms. The van der Waals surface area contributed by atoms with Gasteiger partial charge < -0.3 is 15.5 Å². The second-order valence-electron chi connectivity index (χ2n) is 8.29. The number of fused-ring (bicyclic) bond motifs is 1. The second-order valence-corrected chi connectivity index (χ2v) is 12.1. The number of aliphatic hydroxyl groups is 2. The zero-order valence-corrected chi connectivity index (χ0v) is 22.8. The quantitative estimate of drug-likeness (QED) is 0.220. The Morgan fingerprint density at radius 3 is 2.32 bits per heavy atom. The molecule has 0 atom stereocenters. The minimum atomic E-state index is -4.61. The number of sulfonamides is 1. The summed E-state index contributed by atoms with van der Waals surface area (Å²) < 4.78 is 93.5. The fourth-order valence-electron chi connectivity index (χ4n) is 3.73. The number of hydrogen-bond acceptors (Lipinski definition) is 8. The normalized spacial score (nSPS) is 12.5. The molecular weight excluding hydrogens is 621 g/mol. The molecule has 1 aromatic carbocycles. The van der Waals surface area contributed by atoms with E-state index in [4.69, 9.17) is 21.8 Å². The highest BCUT2D eigenvalue weighted by Gasteiger charge is 2.31. The van der Waals surface area contributed by atoms with Gasteiger partial charge in [-0.25, -0.2) is 26.7 Å². The maximum absolute atomic E-state index is 13.9. The number of amides is 1. The van der Waals surface area contributed by atoms with Crippen molar-refractivity contribution in [2.75, 3.05) is 31.6 Å². The first-order valence-electron chi connectivity index (χ1n) is 11.4. The molecule has 18 heteroatoms. The maximum atomic E-state index is 13.9. The monoisotopic (exact) mass is 639 g/mol. The number of aliphatic hydroxyl groups excluding tert-OH is 2. The average Bonchev–Trinajstić information content (AvgIpc) is 3.51. The van der Waals surface area contributed by atoms with Crippen LogP contribution in [0.15, 0.2) is 46.8 Å². The van der Waals surface area contributed by atoms with Gasteiger partial charge in [0.05, 0.1) is 36.4 Å². The number of alkyl halides is 5. The Morgan fingerprint density at radius 2 is 1.76 bits per heavy atom. The Balaban J connectivity index is 1.70. The molecule has 0 radical (unpaired) electrons. The van der Waals surface area contributed by atoms with Crippen LogP contribution in [0.2, 0.25) is 4.34 Å². The van der Waals surface area contributed by atoms with Gasteiger partial charge in [0.2, 0.25) is 0 Å². The Kier molecular flexibility index (Phi) is 8.95. The van der Waals surface area contributed by atoms with E-state index >= 15 is 0 Å². The number of benzene rings is 1. The van der Waals surface area contributed by atoms with Gasteiger partial charge in [0.15, 0.2) is 5.65 Å². The molecule has 0 bridgehead atoms. The molecule has 1 amide bonds. The van der Waals surface area contributed by atoms with Crippen molar-refractivity contribution in [1.82, 2.24) is 18.9 Å². The van der Waals surface area contributed by atoms with Crippen molar-refractivity contribution in [3.8, 4) is 11.3 Å². The minimum Gasteiger partial charge on any atom is -0.395 e. The summed E-state index contributed by atoms with van der Waals surface area (Å²) in [5.74, 6) is -0.941. The number of thiophene rings is 1. The summed E-state index contributed by atoms with van der Waals surface area (Å²) in [7, 11) is -4.20. The van der Waals surface area contributed by atoms with Gasteiger partial charge in [-0.05, 0) is 24.3 Å². The number of nitrogens with zero attached hydrogens (tertiary/aromatic N) is 4. The van der Waals surface area contributed by atoms with Gasteiger partial charge >= 0.3 is 6.18 Å². The summed E-state index contributed by atoms with van der Waals surface area (Å²) in [6.45, 7) is -1.64. The molecule has 0 saturated carbocycles. The van der Waals surface area contributed by atoms with Crippen LogP contribution >= 0.6 is 22.9 Å². The third-order valence-corrected chi connectivity index (χ3v) is 9.39. The van der Waals surface area contributed by atoms with E-state index in [1.54, 1.807) is 0 Å². The van der Waals surface area contributed by atoms with Crippen molar-refractivity contribution in [3.63, 3.8) is 0 Å². The number of aromatic nitrogens is 3. The van der Waals surface area contributed by atoms with Crippen molar-refractivity contribution < 1.29 is 45.4 Å². The van der Waals surface area contributed by atoms with Crippen LogP contribution in [0.3, 0.4) is 0 Å². The van der Waals surface area contributed by atoms with E-state index in [0.29, 0.717) is 15.9 Å². The van der Waals surface area contributed by atoms with Gasteiger partial charge in [0.1, 0.15) is 19.8 Å². The summed E-state index contributed by atoms with van der Waals surface area (Å²) in [6, 6.07) is 5.62.